The minimum atomic E-state index is -1.35. The summed E-state index contributed by atoms with van der Waals surface area (Å²) in [6.07, 6.45) is -0.103. The Kier molecular flexibility index (Phi) is 14.7. The van der Waals surface area contributed by atoms with Crippen molar-refractivity contribution in [2.75, 3.05) is 6.54 Å². The second kappa shape index (κ2) is 16.3. The van der Waals surface area contributed by atoms with Gasteiger partial charge in [-0.1, -0.05) is 27.7 Å². The number of carbonyl (C=O) groups is 5. The van der Waals surface area contributed by atoms with Crippen LogP contribution < -0.4 is 33.2 Å². The third-order valence-corrected chi connectivity index (χ3v) is 5.15. The summed E-state index contributed by atoms with van der Waals surface area (Å²) in [6.45, 7) is 7.31. The molecule has 0 saturated heterocycles. The predicted molar refractivity (Wildman–Crippen MR) is 132 cm³/mol. The van der Waals surface area contributed by atoms with Crippen LogP contribution in [0.1, 0.15) is 59.8 Å². The number of hydrogen-bond acceptors (Lipinski definition) is 7. The molecule has 0 aromatic carbocycles. The zero-order chi connectivity index (χ0) is 28.0. The standard InChI is InChI=1S/C22H41N7O7/c1-11(2)10-13(23)18(32)29-17(12(3)4)20(34)27-14(7-8-16(30)31)19(33)28-15(21(35)36)6-5-9-26-22(24)25/h11-15,17H,5-10,23H2,1-4H3,(H,27,34)(H,28,33)(H,29,32)(H,30,31)(H,35,36)(H4,24,25,26). The van der Waals surface area contributed by atoms with E-state index in [1.54, 1.807) is 13.8 Å². The Bertz CT molecular complexity index is 798. The van der Waals surface area contributed by atoms with Crippen molar-refractivity contribution in [3.8, 4) is 0 Å². The first-order valence-electron chi connectivity index (χ1n) is 11.8. The molecule has 4 unspecified atom stereocenters. The third-order valence-electron chi connectivity index (χ3n) is 5.15. The summed E-state index contributed by atoms with van der Waals surface area (Å²) in [7, 11) is 0. The van der Waals surface area contributed by atoms with E-state index in [-0.39, 0.29) is 43.6 Å². The minimum absolute atomic E-state index is 0.00410. The second-order valence-corrected chi connectivity index (χ2v) is 9.31. The van der Waals surface area contributed by atoms with Gasteiger partial charge in [-0.2, -0.15) is 0 Å². The molecule has 0 heterocycles. The summed E-state index contributed by atoms with van der Waals surface area (Å²) in [4.78, 5) is 64.7. The molecular formula is C22H41N7O7. The Labute approximate surface area is 210 Å². The van der Waals surface area contributed by atoms with Gasteiger partial charge < -0.3 is 43.4 Å². The maximum Gasteiger partial charge on any atom is 0.326 e. The summed E-state index contributed by atoms with van der Waals surface area (Å²) in [5.41, 5.74) is 16.4. The molecule has 14 nitrogen and oxygen atoms in total. The molecule has 0 bridgehead atoms. The number of nitrogens with two attached hydrogens (primary N) is 3. The van der Waals surface area contributed by atoms with Gasteiger partial charge in [-0.05, 0) is 37.5 Å². The first kappa shape index (κ1) is 32.6. The van der Waals surface area contributed by atoms with Crippen molar-refractivity contribution in [2.24, 2.45) is 34.0 Å². The first-order valence-corrected chi connectivity index (χ1v) is 11.8. The largest absolute Gasteiger partial charge is 0.481 e. The molecule has 36 heavy (non-hydrogen) atoms. The van der Waals surface area contributed by atoms with Crippen molar-refractivity contribution in [3.05, 3.63) is 0 Å². The lowest BCUT2D eigenvalue weighted by atomic mass is 9.99. The van der Waals surface area contributed by atoms with Crippen molar-refractivity contribution in [1.29, 1.82) is 0 Å². The van der Waals surface area contributed by atoms with E-state index in [0.717, 1.165) is 0 Å². The Morgan fingerprint density at radius 1 is 0.833 bits per heavy atom. The molecule has 11 N–H and O–H groups in total. The number of carboxylic acid groups (broad SMARTS) is 2. The van der Waals surface area contributed by atoms with E-state index in [1.165, 1.54) is 0 Å². The zero-order valence-corrected chi connectivity index (χ0v) is 21.3. The van der Waals surface area contributed by atoms with Gasteiger partial charge in [0, 0.05) is 13.0 Å². The summed E-state index contributed by atoms with van der Waals surface area (Å²) in [5.74, 6) is -5.03. The van der Waals surface area contributed by atoms with E-state index in [1.807, 2.05) is 13.8 Å². The van der Waals surface area contributed by atoms with Crippen LogP contribution in [-0.4, -0.2) is 76.5 Å². The number of nitrogens with one attached hydrogen (secondary N) is 3. The molecule has 4 atom stereocenters. The van der Waals surface area contributed by atoms with Crippen LogP contribution in [0.3, 0.4) is 0 Å². The van der Waals surface area contributed by atoms with Crippen LogP contribution in [0.2, 0.25) is 0 Å². The topological polar surface area (TPSA) is 252 Å². The fourth-order valence-electron chi connectivity index (χ4n) is 3.24. The lowest BCUT2D eigenvalue weighted by Gasteiger charge is -2.27. The van der Waals surface area contributed by atoms with Gasteiger partial charge in [0.2, 0.25) is 17.7 Å². The number of guanidine groups is 1. The maximum atomic E-state index is 13.0. The zero-order valence-electron chi connectivity index (χ0n) is 21.3. The van der Waals surface area contributed by atoms with E-state index < -0.39 is 60.2 Å². The highest BCUT2D eigenvalue weighted by molar-refractivity contribution is 5.94. The molecule has 3 amide bonds. The average Bonchev–Trinajstić information content (AvgIpc) is 2.75. The van der Waals surface area contributed by atoms with Crippen molar-refractivity contribution < 1.29 is 34.2 Å². The molecular weight excluding hydrogens is 474 g/mol. The van der Waals surface area contributed by atoms with Gasteiger partial charge in [0.05, 0.1) is 6.04 Å². The normalized spacial score (nSPS) is 14.3. The molecule has 0 spiro atoms. The molecule has 0 radical (unpaired) electrons. The number of rotatable bonds is 17. The number of aliphatic carboxylic acids is 2. The van der Waals surface area contributed by atoms with Crippen LogP contribution in [-0.2, 0) is 24.0 Å². The van der Waals surface area contributed by atoms with E-state index in [2.05, 4.69) is 20.9 Å². The Morgan fingerprint density at radius 2 is 1.42 bits per heavy atom. The minimum Gasteiger partial charge on any atom is -0.481 e. The summed E-state index contributed by atoms with van der Waals surface area (Å²) in [5, 5.41) is 25.8. The predicted octanol–water partition coefficient (Wildman–Crippen LogP) is -1.53. The van der Waals surface area contributed by atoms with Gasteiger partial charge in [0.25, 0.3) is 0 Å². The van der Waals surface area contributed by atoms with E-state index >= 15 is 0 Å². The number of carboxylic acids is 2. The van der Waals surface area contributed by atoms with Crippen molar-refractivity contribution in [3.63, 3.8) is 0 Å². The lowest BCUT2D eigenvalue weighted by Crippen LogP contribution is -2.58. The molecule has 0 rings (SSSR count). The monoisotopic (exact) mass is 515 g/mol. The molecule has 0 aliphatic heterocycles. The van der Waals surface area contributed by atoms with Gasteiger partial charge in [-0.15, -0.1) is 0 Å². The van der Waals surface area contributed by atoms with Crippen LogP contribution >= 0.6 is 0 Å². The molecule has 14 heteroatoms. The fourth-order valence-corrected chi connectivity index (χ4v) is 3.24. The summed E-state index contributed by atoms with van der Waals surface area (Å²) >= 11 is 0. The van der Waals surface area contributed by atoms with Crippen LogP contribution in [0, 0.1) is 11.8 Å². The second-order valence-electron chi connectivity index (χ2n) is 9.31. The molecule has 0 aliphatic carbocycles. The highest BCUT2D eigenvalue weighted by Crippen LogP contribution is 2.08. The quantitative estimate of drug-likeness (QED) is 0.0630. The molecule has 0 fully saturated rings. The highest BCUT2D eigenvalue weighted by atomic mass is 16.4. The van der Waals surface area contributed by atoms with E-state index in [9.17, 15) is 29.1 Å². The SMILES string of the molecule is CC(C)CC(N)C(=O)NC(C(=O)NC(CCC(=O)O)C(=O)NC(CCCN=C(N)N)C(=O)O)C(C)C. The Hall–Kier alpha value is -3.42. The highest BCUT2D eigenvalue weighted by Gasteiger charge is 2.32. The molecule has 0 aromatic heterocycles. The van der Waals surface area contributed by atoms with Gasteiger partial charge in [0.15, 0.2) is 5.96 Å². The first-order chi connectivity index (χ1) is 16.6. The number of hydrogen-bond donors (Lipinski definition) is 8. The van der Waals surface area contributed by atoms with Gasteiger partial charge in [-0.25, -0.2) is 4.79 Å². The number of amides is 3. The van der Waals surface area contributed by atoms with Crippen molar-refractivity contribution >= 4 is 35.6 Å². The van der Waals surface area contributed by atoms with Gasteiger partial charge >= 0.3 is 11.9 Å². The lowest BCUT2D eigenvalue weighted by molar-refractivity contribution is -0.143. The van der Waals surface area contributed by atoms with Crippen LogP contribution in [0.15, 0.2) is 4.99 Å². The third kappa shape index (κ3) is 13.5. The van der Waals surface area contributed by atoms with Crippen LogP contribution in [0.5, 0.6) is 0 Å². The molecule has 0 saturated carbocycles. The number of nitrogens with zero attached hydrogens (tertiary/aromatic N) is 1. The summed E-state index contributed by atoms with van der Waals surface area (Å²) in [6, 6.07) is -4.55. The van der Waals surface area contributed by atoms with Crippen molar-refractivity contribution in [2.45, 2.75) is 84.0 Å². The smallest absolute Gasteiger partial charge is 0.326 e. The van der Waals surface area contributed by atoms with E-state index in [0.29, 0.717) is 6.42 Å². The molecule has 0 aliphatic rings. The molecule has 0 aromatic rings. The molecule has 206 valence electrons. The number of carbonyl (C=O) groups excluding carboxylic acids is 3. The Balaban J connectivity index is 5.47. The fraction of sp³-hybridized carbons (Fsp3) is 0.727. The van der Waals surface area contributed by atoms with Crippen LogP contribution in [0.4, 0.5) is 0 Å². The average molecular weight is 516 g/mol. The van der Waals surface area contributed by atoms with Gasteiger partial charge in [-0.3, -0.25) is 24.2 Å². The summed E-state index contributed by atoms with van der Waals surface area (Å²) < 4.78 is 0. The maximum absolute atomic E-state index is 13.0. The Morgan fingerprint density at radius 3 is 1.89 bits per heavy atom. The van der Waals surface area contributed by atoms with E-state index in [4.69, 9.17) is 22.3 Å². The van der Waals surface area contributed by atoms with Crippen LogP contribution in [0.25, 0.3) is 0 Å². The van der Waals surface area contributed by atoms with Crippen molar-refractivity contribution in [1.82, 2.24) is 16.0 Å². The van der Waals surface area contributed by atoms with Gasteiger partial charge in [0.1, 0.15) is 18.1 Å². The number of aliphatic imine (C=N–C) groups is 1.